The molecule has 0 amide bonds. The van der Waals surface area contributed by atoms with E-state index in [1.54, 1.807) is 12.3 Å². The summed E-state index contributed by atoms with van der Waals surface area (Å²) < 4.78 is 26.7. The van der Waals surface area contributed by atoms with Crippen LogP contribution >= 0.6 is 11.3 Å². The third-order valence-corrected chi connectivity index (χ3v) is 6.97. The first-order chi connectivity index (χ1) is 13.6. The summed E-state index contributed by atoms with van der Waals surface area (Å²) >= 11 is 1.47. The molecule has 0 bridgehead atoms. The van der Waals surface area contributed by atoms with E-state index in [0.717, 1.165) is 21.4 Å². The second-order valence-corrected chi connectivity index (χ2v) is 9.02. The zero-order valence-corrected chi connectivity index (χ0v) is 16.7. The van der Waals surface area contributed by atoms with Gasteiger partial charge in [-0.3, -0.25) is 4.98 Å². The first-order valence-corrected chi connectivity index (χ1v) is 11.2. The van der Waals surface area contributed by atoms with Gasteiger partial charge in [-0.1, -0.05) is 47.7 Å². The van der Waals surface area contributed by atoms with Gasteiger partial charge in [-0.05, 0) is 23.8 Å². The molecule has 0 aliphatic carbocycles. The van der Waals surface area contributed by atoms with Crippen LogP contribution in [0.1, 0.15) is 5.56 Å². The minimum atomic E-state index is -3.44. The van der Waals surface area contributed by atoms with E-state index in [1.807, 2.05) is 48.5 Å². The number of anilines is 1. The first kappa shape index (κ1) is 18.7. The quantitative estimate of drug-likeness (QED) is 0.640. The van der Waals surface area contributed by atoms with Crippen molar-refractivity contribution in [2.24, 2.45) is 0 Å². The summed E-state index contributed by atoms with van der Waals surface area (Å²) in [5, 5.41) is 11.3. The largest absolute Gasteiger partial charge is 0.344 e. The molecule has 1 aliphatic rings. The number of piperazine rings is 1. The van der Waals surface area contributed by atoms with Crippen LogP contribution in [0.3, 0.4) is 0 Å². The predicted octanol–water partition coefficient (Wildman–Crippen LogP) is 2.72. The summed E-state index contributed by atoms with van der Waals surface area (Å²) in [5.41, 5.74) is 1.65. The Morgan fingerprint density at radius 3 is 2.39 bits per heavy atom. The lowest BCUT2D eigenvalue weighted by Gasteiger charge is -2.32. The van der Waals surface area contributed by atoms with Crippen molar-refractivity contribution in [3.8, 4) is 10.7 Å². The topological polar surface area (TPSA) is 79.3 Å². The van der Waals surface area contributed by atoms with Crippen LogP contribution in [0.15, 0.2) is 60.1 Å². The fraction of sp³-hybridized carbons (Fsp3) is 0.211. The Bertz CT molecular complexity index is 1040. The van der Waals surface area contributed by atoms with Gasteiger partial charge in [-0.25, -0.2) is 8.42 Å². The molecular weight excluding hydrogens is 394 g/mol. The van der Waals surface area contributed by atoms with Crippen molar-refractivity contribution in [1.29, 1.82) is 0 Å². The lowest BCUT2D eigenvalue weighted by Crippen LogP contribution is -2.48. The van der Waals surface area contributed by atoms with Gasteiger partial charge in [-0.15, -0.1) is 10.2 Å². The van der Waals surface area contributed by atoms with Gasteiger partial charge in [0, 0.05) is 37.8 Å². The molecule has 9 heteroatoms. The Labute approximate surface area is 168 Å². The van der Waals surface area contributed by atoms with Gasteiger partial charge in [-0.2, -0.15) is 4.31 Å². The Kier molecular flexibility index (Phi) is 5.47. The number of hydrogen-bond donors (Lipinski definition) is 0. The molecule has 1 aromatic carbocycles. The van der Waals surface area contributed by atoms with Crippen molar-refractivity contribution in [2.45, 2.75) is 0 Å². The highest BCUT2D eigenvalue weighted by atomic mass is 32.2. The van der Waals surface area contributed by atoms with Gasteiger partial charge < -0.3 is 4.90 Å². The Morgan fingerprint density at radius 1 is 0.929 bits per heavy atom. The molecule has 7 nitrogen and oxygen atoms in total. The molecule has 4 rings (SSSR count). The van der Waals surface area contributed by atoms with E-state index < -0.39 is 10.0 Å². The van der Waals surface area contributed by atoms with Crippen LogP contribution in [0, 0.1) is 0 Å². The summed E-state index contributed by atoms with van der Waals surface area (Å²) in [5.74, 6) is 0. The van der Waals surface area contributed by atoms with E-state index in [4.69, 9.17) is 0 Å². The maximum atomic E-state index is 12.6. The molecule has 3 heterocycles. The normalized spacial score (nSPS) is 15.9. The van der Waals surface area contributed by atoms with Gasteiger partial charge in [0.2, 0.25) is 15.2 Å². The van der Waals surface area contributed by atoms with E-state index in [2.05, 4.69) is 20.1 Å². The van der Waals surface area contributed by atoms with Crippen molar-refractivity contribution in [1.82, 2.24) is 19.5 Å². The number of pyridine rings is 1. The van der Waals surface area contributed by atoms with Crippen LogP contribution in [0.2, 0.25) is 0 Å². The van der Waals surface area contributed by atoms with Crippen LogP contribution in [0.25, 0.3) is 16.8 Å². The second kappa shape index (κ2) is 8.17. The van der Waals surface area contributed by atoms with Crippen LogP contribution < -0.4 is 4.90 Å². The minimum absolute atomic E-state index is 0.417. The highest BCUT2D eigenvalue weighted by molar-refractivity contribution is 7.92. The fourth-order valence-corrected chi connectivity index (χ4v) is 4.93. The van der Waals surface area contributed by atoms with Gasteiger partial charge in [0.05, 0.1) is 0 Å². The predicted molar refractivity (Wildman–Crippen MR) is 111 cm³/mol. The van der Waals surface area contributed by atoms with Crippen LogP contribution in [0.4, 0.5) is 5.13 Å². The highest BCUT2D eigenvalue weighted by Crippen LogP contribution is 2.28. The fourth-order valence-electron chi connectivity index (χ4n) is 2.88. The van der Waals surface area contributed by atoms with Crippen molar-refractivity contribution in [3.05, 3.63) is 65.7 Å². The van der Waals surface area contributed by atoms with E-state index in [1.165, 1.54) is 21.1 Å². The zero-order chi connectivity index (χ0) is 19.4. The average molecular weight is 414 g/mol. The minimum Gasteiger partial charge on any atom is -0.344 e. The van der Waals surface area contributed by atoms with Gasteiger partial charge in [0.25, 0.3) is 0 Å². The molecule has 28 heavy (non-hydrogen) atoms. The van der Waals surface area contributed by atoms with E-state index in [9.17, 15) is 8.42 Å². The summed E-state index contributed by atoms with van der Waals surface area (Å²) in [6.45, 7) is 1.99. The molecule has 0 saturated carbocycles. The third kappa shape index (κ3) is 4.27. The van der Waals surface area contributed by atoms with Gasteiger partial charge in [0.15, 0.2) is 5.01 Å². The molecule has 144 valence electrons. The Morgan fingerprint density at radius 2 is 1.68 bits per heavy atom. The SMILES string of the molecule is O=S(=O)(/C=C/c1ccccc1)N1CCN(c2nnc(-c3ccccn3)s2)CC1. The summed E-state index contributed by atoms with van der Waals surface area (Å²) in [7, 11) is -3.44. The maximum absolute atomic E-state index is 12.6. The molecule has 0 N–H and O–H groups in total. The highest BCUT2D eigenvalue weighted by Gasteiger charge is 2.26. The number of benzene rings is 1. The average Bonchev–Trinajstić information content (AvgIpc) is 3.24. The summed E-state index contributed by atoms with van der Waals surface area (Å²) in [6.07, 6.45) is 3.36. The lowest BCUT2D eigenvalue weighted by atomic mass is 10.2. The number of nitrogens with zero attached hydrogens (tertiary/aromatic N) is 5. The molecule has 0 atom stereocenters. The summed E-state index contributed by atoms with van der Waals surface area (Å²) in [6, 6.07) is 15.1. The summed E-state index contributed by atoms with van der Waals surface area (Å²) in [4.78, 5) is 6.36. The smallest absolute Gasteiger partial charge is 0.236 e. The van der Waals surface area contributed by atoms with E-state index in [-0.39, 0.29) is 0 Å². The zero-order valence-electron chi connectivity index (χ0n) is 15.0. The number of sulfonamides is 1. The molecule has 0 spiro atoms. The van der Waals surface area contributed by atoms with Crippen molar-refractivity contribution >= 4 is 32.6 Å². The molecule has 2 aromatic heterocycles. The van der Waals surface area contributed by atoms with E-state index >= 15 is 0 Å². The van der Waals surface area contributed by atoms with Crippen LogP contribution in [0.5, 0.6) is 0 Å². The Hall–Kier alpha value is -2.62. The standard InChI is InChI=1S/C19H19N5O2S2/c25-28(26,15-9-16-6-2-1-3-7-16)24-13-11-23(12-14-24)19-22-21-18(27-19)17-8-4-5-10-20-17/h1-10,15H,11-14H2/b15-9+. The van der Waals surface area contributed by atoms with Crippen molar-refractivity contribution in [2.75, 3.05) is 31.1 Å². The molecule has 1 saturated heterocycles. The maximum Gasteiger partial charge on any atom is 0.236 e. The van der Waals surface area contributed by atoms with E-state index in [0.29, 0.717) is 26.2 Å². The van der Waals surface area contributed by atoms with Crippen LogP contribution in [-0.2, 0) is 10.0 Å². The monoisotopic (exact) mass is 413 g/mol. The lowest BCUT2D eigenvalue weighted by molar-refractivity contribution is 0.389. The number of aromatic nitrogens is 3. The molecule has 1 aliphatic heterocycles. The van der Waals surface area contributed by atoms with Crippen molar-refractivity contribution in [3.63, 3.8) is 0 Å². The second-order valence-electron chi connectivity index (χ2n) is 6.25. The van der Waals surface area contributed by atoms with Gasteiger partial charge >= 0.3 is 0 Å². The molecule has 0 unspecified atom stereocenters. The Balaban J connectivity index is 1.39. The third-order valence-electron chi connectivity index (χ3n) is 4.40. The molecular formula is C19H19N5O2S2. The first-order valence-electron chi connectivity index (χ1n) is 8.85. The molecule has 0 radical (unpaired) electrons. The number of rotatable bonds is 5. The molecule has 1 fully saturated rings. The van der Waals surface area contributed by atoms with Crippen LogP contribution in [-0.4, -0.2) is 54.1 Å². The molecule has 3 aromatic rings. The van der Waals surface area contributed by atoms with Crippen molar-refractivity contribution < 1.29 is 8.42 Å². The number of hydrogen-bond acceptors (Lipinski definition) is 7. The van der Waals surface area contributed by atoms with Gasteiger partial charge in [0.1, 0.15) is 5.69 Å².